The molecule has 5 nitrogen and oxygen atoms in total. The summed E-state index contributed by atoms with van der Waals surface area (Å²) >= 11 is 1.87. The predicted molar refractivity (Wildman–Crippen MR) is 104 cm³/mol. The van der Waals surface area contributed by atoms with Crippen LogP contribution in [-0.2, 0) is 16.0 Å². The molecular formula is C21H27NO4S. The molecule has 6 heteroatoms. The van der Waals surface area contributed by atoms with Crippen molar-refractivity contribution in [3.63, 3.8) is 0 Å². The van der Waals surface area contributed by atoms with Gasteiger partial charge in [-0.2, -0.15) is 0 Å². The fourth-order valence-electron chi connectivity index (χ4n) is 4.60. The lowest BCUT2D eigenvalue weighted by Gasteiger charge is -2.37. The van der Waals surface area contributed by atoms with Crippen LogP contribution in [0.4, 0.5) is 0 Å². The Morgan fingerprint density at radius 2 is 1.89 bits per heavy atom. The zero-order valence-corrected chi connectivity index (χ0v) is 16.4. The number of aliphatic hydroxyl groups is 1. The molecule has 2 amide bonds. The van der Waals surface area contributed by atoms with Gasteiger partial charge in [0, 0.05) is 17.7 Å². The molecule has 0 radical (unpaired) electrons. The van der Waals surface area contributed by atoms with E-state index in [1.165, 1.54) is 21.8 Å². The van der Waals surface area contributed by atoms with Crippen molar-refractivity contribution < 1.29 is 19.4 Å². The Labute approximate surface area is 164 Å². The number of fused-ring (bicyclic) bond motifs is 1. The van der Waals surface area contributed by atoms with Crippen LogP contribution >= 0.6 is 11.8 Å². The Morgan fingerprint density at radius 1 is 1.15 bits per heavy atom. The van der Waals surface area contributed by atoms with Gasteiger partial charge in [0.25, 0.3) is 0 Å². The van der Waals surface area contributed by atoms with Crippen molar-refractivity contribution in [2.24, 2.45) is 5.41 Å². The summed E-state index contributed by atoms with van der Waals surface area (Å²) < 4.78 is 5.73. The lowest BCUT2D eigenvalue weighted by atomic mass is 9.76. The Hall–Kier alpha value is -1.53. The summed E-state index contributed by atoms with van der Waals surface area (Å²) in [4.78, 5) is 27.5. The number of carbonyl (C=O) groups excluding carboxylic acids is 2. The van der Waals surface area contributed by atoms with Crippen molar-refractivity contribution in [1.82, 2.24) is 4.90 Å². The number of hydrogen-bond acceptors (Lipinski definition) is 5. The van der Waals surface area contributed by atoms with Crippen molar-refractivity contribution in [1.29, 1.82) is 0 Å². The molecule has 2 aliphatic heterocycles. The van der Waals surface area contributed by atoms with E-state index in [1.54, 1.807) is 0 Å². The number of ether oxygens (including phenoxy) is 1. The number of benzene rings is 1. The number of imide groups is 1. The highest BCUT2D eigenvalue weighted by atomic mass is 32.2. The Bertz CT molecular complexity index is 709. The van der Waals surface area contributed by atoms with Gasteiger partial charge in [-0.25, -0.2) is 0 Å². The zero-order chi connectivity index (χ0) is 18.9. The molecule has 0 aromatic heterocycles. The molecule has 27 heavy (non-hydrogen) atoms. The number of β-amino-alcohol motifs (C(OH)–C–C–N with tert-alkyl or cyclic N) is 1. The van der Waals surface area contributed by atoms with Crippen LogP contribution in [0, 0.1) is 5.41 Å². The third-order valence-corrected chi connectivity index (χ3v) is 7.24. The second-order valence-electron chi connectivity index (χ2n) is 8.15. The highest BCUT2D eigenvalue weighted by molar-refractivity contribution is 7.99. The van der Waals surface area contributed by atoms with Gasteiger partial charge in [-0.05, 0) is 60.6 Å². The summed E-state index contributed by atoms with van der Waals surface area (Å²) in [7, 11) is 0. The van der Waals surface area contributed by atoms with Crippen LogP contribution in [0.2, 0.25) is 0 Å². The Balaban J connectivity index is 1.31. The molecule has 1 saturated heterocycles. The van der Waals surface area contributed by atoms with Gasteiger partial charge < -0.3 is 9.84 Å². The van der Waals surface area contributed by atoms with Crippen molar-refractivity contribution in [2.45, 2.75) is 62.4 Å². The monoisotopic (exact) mass is 389 g/mol. The molecule has 1 unspecified atom stereocenters. The second-order valence-corrected chi connectivity index (χ2v) is 9.28. The molecule has 1 saturated carbocycles. The van der Waals surface area contributed by atoms with E-state index in [1.807, 2.05) is 23.9 Å². The molecule has 1 aromatic carbocycles. The first-order valence-electron chi connectivity index (χ1n) is 9.94. The highest BCUT2D eigenvalue weighted by Crippen LogP contribution is 2.46. The maximum absolute atomic E-state index is 12.5. The standard InChI is InChI=1S/C21H27NO4S/c23-16(14-26-17-5-6-18-15(10-17)4-3-9-27-18)13-22-19(24)11-21(12-20(22)25)7-1-2-8-21/h5-6,10,16,23H,1-4,7-9,11-14H2. The van der Waals surface area contributed by atoms with E-state index in [0.29, 0.717) is 12.8 Å². The van der Waals surface area contributed by atoms with Crippen LogP contribution < -0.4 is 4.74 Å². The fraction of sp³-hybridized carbons (Fsp3) is 0.619. The molecule has 1 atom stereocenters. The summed E-state index contributed by atoms with van der Waals surface area (Å²) in [5.41, 5.74) is 1.19. The first kappa shape index (κ1) is 18.8. The molecule has 1 aliphatic carbocycles. The molecule has 4 rings (SSSR count). The number of aliphatic hydroxyl groups excluding tert-OH is 1. The molecule has 1 spiro atoms. The second kappa shape index (κ2) is 7.84. The normalized spacial score (nSPS) is 22.8. The zero-order valence-electron chi connectivity index (χ0n) is 15.6. The summed E-state index contributed by atoms with van der Waals surface area (Å²) in [5, 5.41) is 10.3. The number of nitrogens with zero attached hydrogens (tertiary/aromatic N) is 1. The minimum atomic E-state index is -0.874. The third kappa shape index (κ3) is 4.16. The molecule has 2 fully saturated rings. The number of likely N-dealkylation sites (tertiary alicyclic amines) is 1. The number of piperidine rings is 1. The average Bonchev–Trinajstić information content (AvgIpc) is 3.10. The number of carbonyl (C=O) groups is 2. The van der Waals surface area contributed by atoms with Gasteiger partial charge in [0.05, 0.1) is 6.54 Å². The van der Waals surface area contributed by atoms with E-state index in [9.17, 15) is 14.7 Å². The van der Waals surface area contributed by atoms with Gasteiger partial charge >= 0.3 is 0 Å². The number of thioether (sulfide) groups is 1. The third-order valence-electron chi connectivity index (χ3n) is 6.03. The van der Waals surface area contributed by atoms with Crippen LogP contribution in [0.25, 0.3) is 0 Å². The van der Waals surface area contributed by atoms with Gasteiger partial charge in [0.15, 0.2) is 0 Å². The number of hydrogen-bond donors (Lipinski definition) is 1. The van der Waals surface area contributed by atoms with Crippen molar-refractivity contribution in [3.8, 4) is 5.75 Å². The van der Waals surface area contributed by atoms with Gasteiger partial charge in [0.2, 0.25) is 11.8 Å². The minimum Gasteiger partial charge on any atom is -0.491 e. The first-order chi connectivity index (χ1) is 13.0. The maximum Gasteiger partial charge on any atom is 0.229 e. The number of amides is 2. The van der Waals surface area contributed by atoms with Crippen LogP contribution in [0.5, 0.6) is 5.75 Å². The van der Waals surface area contributed by atoms with E-state index < -0.39 is 6.10 Å². The summed E-state index contributed by atoms with van der Waals surface area (Å²) in [5.74, 6) is 1.61. The molecule has 2 heterocycles. The van der Waals surface area contributed by atoms with E-state index in [2.05, 4.69) is 6.07 Å². The summed E-state index contributed by atoms with van der Waals surface area (Å²) in [6.45, 7) is 0.0999. The predicted octanol–water partition coefficient (Wildman–Crippen LogP) is 3.17. The van der Waals surface area contributed by atoms with Crippen LogP contribution in [0.1, 0.15) is 50.5 Å². The van der Waals surface area contributed by atoms with Crippen molar-refractivity contribution in [3.05, 3.63) is 23.8 Å². The Morgan fingerprint density at radius 3 is 2.63 bits per heavy atom. The lowest BCUT2D eigenvalue weighted by Crippen LogP contribution is -2.50. The van der Waals surface area contributed by atoms with Gasteiger partial charge in [0.1, 0.15) is 18.5 Å². The van der Waals surface area contributed by atoms with Crippen LogP contribution in [-0.4, -0.2) is 46.8 Å². The first-order valence-corrected chi connectivity index (χ1v) is 10.9. The number of rotatable bonds is 5. The molecular weight excluding hydrogens is 362 g/mol. The molecule has 3 aliphatic rings. The quantitative estimate of drug-likeness (QED) is 0.784. The smallest absolute Gasteiger partial charge is 0.229 e. The highest BCUT2D eigenvalue weighted by Gasteiger charge is 2.45. The molecule has 146 valence electrons. The van der Waals surface area contributed by atoms with E-state index >= 15 is 0 Å². The summed E-state index contributed by atoms with van der Waals surface area (Å²) in [6, 6.07) is 6.03. The SMILES string of the molecule is O=C1CC2(CCCC2)CC(=O)N1CC(O)COc1ccc2c(c1)CCCS2. The molecule has 1 aromatic rings. The van der Waals surface area contributed by atoms with Crippen LogP contribution in [0.15, 0.2) is 23.1 Å². The van der Waals surface area contributed by atoms with E-state index in [4.69, 9.17) is 4.74 Å². The lowest BCUT2D eigenvalue weighted by molar-refractivity contribution is -0.155. The topological polar surface area (TPSA) is 66.8 Å². The van der Waals surface area contributed by atoms with E-state index in [-0.39, 0.29) is 30.4 Å². The fourth-order valence-corrected chi connectivity index (χ4v) is 5.62. The van der Waals surface area contributed by atoms with Crippen LogP contribution in [0.3, 0.4) is 0 Å². The molecule has 0 bridgehead atoms. The number of aryl methyl sites for hydroxylation is 1. The van der Waals surface area contributed by atoms with Crippen molar-refractivity contribution in [2.75, 3.05) is 18.9 Å². The van der Waals surface area contributed by atoms with Gasteiger partial charge in [-0.15, -0.1) is 11.8 Å². The van der Waals surface area contributed by atoms with E-state index in [0.717, 1.165) is 43.6 Å². The average molecular weight is 390 g/mol. The Kier molecular flexibility index (Phi) is 5.46. The largest absolute Gasteiger partial charge is 0.491 e. The van der Waals surface area contributed by atoms with Gasteiger partial charge in [-0.1, -0.05) is 12.8 Å². The van der Waals surface area contributed by atoms with Crippen molar-refractivity contribution >= 4 is 23.6 Å². The minimum absolute atomic E-state index is 0.0224. The summed E-state index contributed by atoms with van der Waals surface area (Å²) in [6.07, 6.45) is 6.39. The molecule has 1 N–H and O–H groups in total. The maximum atomic E-state index is 12.5. The van der Waals surface area contributed by atoms with Gasteiger partial charge in [-0.3, -0.25) is 14.5 Å².